The van der Waals surface area contributed by atoms with Crippen LogP contribution in [0.5, 0.6) is 5.75 Å². The maximum atomic E-state index is 12.0. The van der Waals surface area contributed by atoms with Gasteiger partial charge >= 0.3 is 5.97 Å². The van der Waals surface area contributed by atoms with Crippen LogP contribution in [0.15, 0.2) is 84.0 Å². The molecule has 0 saturated heterocycles. The number of hydrazone groups is 1. The van der Waals surface area contributed by atoms with Crippen molar-refractivity contribution in [3.63, 3.8) is 0 Å². The molecule has 0 aromatic heterocycles. The third-order valence-corrected chi connectivity index (χ3v) is 4.31. The van der Waals surface area contributed by atoms with Gasteiger partial charge in [-0.15, -0.1) is 0 Å². The lowest BCUT2D eigenvalue weighted by Gasteiger charge is -2.05. The fraction of sp³-hybridized carbons (Fsp3) is 0.0870. The molecule has 0 spiro atoms. The summed E-state index contributed by atoms with van der Waals surface area (Å²) >= 11 is 5.80. The zero-order chi connectivity index (χ0) is 20.5. The van der Waals surface area contributed by atoms with Gasteiger partial charge in [0.2, 0.25) is 0 Å². The zero-order valence-electron chi connectivity index (χ0n) is 15.5. The van der Waals surface area contributed by atoms with Crippen molar-refractivity contribution in [2.75, 3.05) is 0 Å². The van der Waals surface area contributed by atoms with Crippen molar-refractivity contribution in [2.24, 2.45) is 5.10 Å². The summed E-state index contributed by atoms with van der Waals surface area (Å²) in [6, 6.07) is 23.2. The fourth-order valence-electron chi connectivity index (χ4n) is 2.53. The van der Waals surface area contributed by atoms with E-state index in [1.54, 1.807) is 48.5 Å². The van der Waals surface area contributed by atoms with Gasteiger partial charge < -0.3 is 4.74 Å². The Morgan fingerprint density at radius 1 is 0.931 bits per heavy atom. The number of nitrogens with one attached hydrogen (secondary N) is 1. The maximum absolute atomic E-state index is 12.0. The number of amides is 1. The van der Waals surface area contributed by atoms with Crippen LogP contribution in [0.4, 0.5) is 0 Å². The van der Waals surface area contributed by atoms with Crippen molar-refractivity contribution in [3.8, 4) is 5.75 Å². The highest BCUT2D eigenvalue weighted by molar-refractivity contribution is 6.30. The molecule has 3 rings (SSSR count). The van der Waals surface area contributed by atoms with Crippen LogP contribution in [0.3, 0.4) is 0 Å². The molecule has 0 bridgehead atoms. The van der Waals surface area contributed by atoms with Gasteiger partial charge in [0.05, 0.1) is 6.21 Å². The zero-order valence-corrected chi connectivity index (χ0v) is 16.3. The number of halogens is 1. The van der Waals surface area contributed by atoms with E-state index < -0.39 is 0 Å². The van der Waals surface area contributed by atoms with Crippen LogP contribution in [0, 0.1) is 0 Å². The van der Waals surface area contributed by atoms with E-state index in [2.05, 4.69) is 10.5 Å². The Morgan fingerprint density at radius 2 is 1.62 bits per heavy atom. The molecule has 3 aromatic carbocycles. The third-order valence-electron chi connectivity index (χ3n) is 4.06. The van der Waals surface area contributed by atoms with Gasteiger partial charge in [-0.05, 0) is 66.1 Å². The number of ether oxygens (including phenoxy) is 1. The largest absolute Gasteiger partial charge is 0.427 e. The third kappa shape index (κ3) is 6.59. The van der Waals surface area contributed by atoms with Crippen LogP contribution in [-0.2, 0) is 11.2 Å². The molecule has 1 N–H and O–H groups in total. The average Bonchev–Trinajstić information content (AvgIpc) is 2.75. The second-order valence-corrected chi connectivity index (χ2v) is 6.67. The van der Waals surface area contributed by atoms with Crippen LogP contribution in [0.2, 0.25) is 5.02 Å². The van der Waals surface area contributed by atoms with Gasteiger partial charge in [0.1, 0.15) is 5.75 Å². The summed E-state index contributed by atoms with van der Waals surface area (Å²) in [4.78, 5) is 23.9. The van der Waals surface area contributed by atoms with Gasteiger partial charge in [0.15, 0.2) is 0 Å². The number of carbonyl (C=O) groups excluding carboxylic acids is 2. The molecule has 5 nitrogen and oxygen atoms in total. The summed E-state index contributed by atoms with van der Waals surface area (Å²) in [5, 5.41) is 4.49. The molecule has 3 aromatic rings. The Morgan fingerprint density at radius 3 is 2.31 bits per heavy atom. The number of carbonyl (C=O) groups is 2. The number of hydrogen-bond acceptors (Lipinski definition) is 4. The number of esters is 1. The lowest BCUT2D eigenvalue weighted by molar-refractivity contribution is -0.134. The van der Waals surface area contributed by atoms with Crippen LogP contribution >= 0.6 is 11.6 Å². The van der Waals surface area contributed by atoms with E-state index in [-0.39, 0.29) is 11.9 Å². The van der Waals surface area contributed by atoms with E-state index >= 15 is 0 Å². The second-order valence-electron chi connectivity index (χ2n) is 6.23. The summed E-state index contributed by atoms with van der Waals surface area (Å²) < 4.78 is 5.34. The molecular formula is C23H19ClN2O3. The minimum absolute atomic E-state index is 0.287. The highest BCUT2D eigenvalue weighted by atomic mass is 35.5. The highest BCUT2D eigenvalue weighted by Gasteiger charge is 2.06. The molecule has 0 atom stereocenters. The van der Waals surface area contributed by atoms with Crippen molar-refractivity contribution < 1.29 is 14.3 Å². The van der Waals surface area contributed by atoms with E-state index in [1.807, 2.05) is 30.3 Å². The van der Waals surface area contributed by atoms with Gasteiger partial charge in [-0.3, -0.25) is 9.59 Å². The van der Waals surface area contributed by atoms with Gasteiger partial charge in [-0.25, -0.2) is 5.43 Å². The van der Waals surface area contributed by atoms with Crippen molar-refractivity contribution in [2.45, 2.75) is 12.8 Å². The standard InChI is InChI=1S/C23H19ClN2O3/c24-20-11-9-19(10-12-20)23(28)26-25-16-18-6-13-21(14-7-18)29-22(27)15-8-17-4-2-1-3-5-17/h1-7,9-14,16H,8,15H2,(H,26,28). The SMILES string of the molecule is O=C(CCc1ccccc1)Oc1ccc(C=NNC(=O)c2ccc(Cl)cc2)cc1. The smallest absolute Gasteiger partial charge is 0.311 e. The predicted octanol–water partition coefficient (Wildman–Crippen LogP) is 4.64. The Balaban J connectivity index is 1.46. The van der Waals surface area contributed by atoms with E-state index in [9.17, 15) is 9.59 Å². The highest BCUT2D eigenvalue weighted by Crippen LogP contribution is 2.13. The summed E-state index contributed by atoms with van der Waals surface area (Å²) in [6.07, 6.45) is 2.45. The van der Waals surface area contributed by atoms with Gasteiger partial charge in [-0.2, -0.15) is 5.10 Å². The lowest BCUT2D eigenvalue weighted by Crippen LogP contribution is -2.17. The summed E-state index contributed by atoms with van der Waals surface area (Å²) in [7, 11) is 0. The Labute approximate surface area is 174 Å². The van der Waals surface area contributed by atoms with Gasteiger partial charge in [0, 0.05) is 17.0 Å². The monoisotopic (exact) mass is 406 g/mol. The molecule has 6 heteroatoms. The number of aryl methyl sites for hydroxylation is 1. The van der Waals surface area contributed by atoms with Crippen molar-refractivity contribution in [1.29, 1.82) is 0 Å². The van der Waals surface area contributed by atoms with Gasteiger partial charge in [-0.1, -0.05) is 41.9 Å². The quantitative estimate of drug-likeness (QED) is 0.269. The molecule has 0 aliphatic rings. The van der Waals surface area contributed by atoms with Gasteiger partial charge in [0.25, 0.3) is 5.91 Å². The molecule has 0 aliphatic heterocycles. The Kier molecular flexibility index (Phi) is 7.14. The average molecular weight is 407 g/mol. The summed E-state index contributed by atoms with van der Waals surface area (Å²) in [5.74, 6) is -0.155. The molecule has 0 heterocycles. The number of nitrogens with zero attached hydrogens (tertiary/aromatic N) is 1. The van der Waals surface area contributed by atoms with Crippen molar-refractivity contribution in [1.82, 2.24) is 5.43 Å². The number of benzene rings is 3. The van der Waals surface area contributed by atoms with E-state index in [0.29, 0.717) is 29.2 Å². The first-order valence-corrected chi connectivity index (χ1v) is 9.41. The maximum Gasteiger partial charge on any atom is 0.311 e. The Bertz CT molecular complexity index is 985. The minimum Gasteiger partial charge on any atom is -0.427 e. The molecule has 1 amide bonds. The second kappa shape index (κ2) is 10.2. The summed E-state index contributed by atoms with van der Waals surface area (Å²) in [5.41, 5.74) is 4.76. The predicted molar refractivity (Wildman–Crippen MR) is 113 cm³/mol. The van der Waals surface area contributed by atoms with Crippen LogP contribution in [0.1, 0.15) is 27.9 Å². The van der Waals surface area contributed by atoms with E-state index in [1.165, 1.54) is 6.21 Å². The summed E-state index contributed by atoms with van der Waals surface area (Å²) in [6.45, 7) is 0. The first-order chi connectivity index (χ1) is 14.1. The first kappa shape index (κ1) is 20.3. The lowest BCUT2D eigenvalue weighted by atomic mass is 10.1. The van der Waals surface area contributed by atoms with E-state index in [0.717, 1.165) is 11.1 Å². The van der Waals surface area contributed by atoms with E-state index in [4.69, 9.17) is 16.3 Å². The molecule has 0 radical (unpaired) electrons. The minimum atomic E-state index is -0.332. The molecule has 146 valence electrons. The molecule has 0 fully saturated rings. The van der Waals surface area contributed by atoms with Crippen LogP contribution < -0.4 is 10.2 Å². The first-order valence-electron chi connectivity index (χ1n) is 9.04. The number of hydrogen-bond donors (Lipinski definition) is 1. The van der Waals surface area contributed by atoms with Crippen molar-refractivity contribution in [3.05, 3.63) is 101 Å². The van der Waals surface area contributed by atoms with Crippen LogP contribution in [0.25, 0.3) is 0 Å². The van der Waals surface area contributed by atoms with Crippen molar-refractivity contribution >= 4 is 29.7 Å². The molecule has 29 heavy (non-hydrogen) atoms. The topological polar surface area (TPSA) is 67.8 Å². The fourth-order valence-corrected chi connectivity index (χ4v) is 2.65. The molecule has 0 unspecified atom stereocenters. The van der Waals surface area contributed by atoms with Crippen LogP contribution in [-0.4, -0.2) is 18.1 Å². The normalized spacial score (nSPS) is 10.7. The number of rotatable bonds is 7. The molecular weight excluding hydrogens is 388 g/mol. The Hall–Kier alpha value is -3.44. The molecule has 0 aliphatic carbocycles. The molecule has 0 saturated carbocycles.